The number of aryl methyl sites for hydroxylation is 2. The van der Waals surface area contributed by atoms with Crippen molar-refractivity contribution in [3.05, 3.63) is 76.3 Å². The van der Waals surface area contributed by atoms with Crippen LogP contribution in [0.2, 0.25) is 5.02 Å². The number of hydrogen-bond donors (Lipinski definition) is 1. The minimum Gasteiger partial charge on any atom is -0.493 e. The number of carbonyl (C=O) groups excluding carboxylic acids is 2. The van der Waals surface area contributed by atoms with Gasteiger partial charge in [0.15, 0.2) is 11.5 Å². The van der Waals surface area contributed by atoms with E-state index in [-0.39, 0.29) is 26.9 Å². The van der Waals surface area contributed by atoms with E-state index in [1.807, 2.05) is 19.9 Å². The first-order valence-electron chi connectivity index (χ1n) is 11.0. The second kappa shape index (κ2) is 11.5. The zero-order valence-electron chi connectivity index (χ0n) is 21.0. The molecule has 3 rings (SSSR count). The Labute approximate surface area is 221 Å². The minimum absolute atomic E-state index is 0.0612. The van der Waals surface area contributed by atoms with Crippen LogP contribution in [0.1, 0.15) is 21.5 Å². The molecule has 1 N–H and O–H groups in total. The lowest BCUT2D eigenvalue weighted by molar-refractivity contribution is -0.114. The number of rotatable bonds is 9. The largest absolute Gasteiger partial charge is 0.493 e. The molecule has 11 heteroatoms. The third-order valence-corrected chi connectivity index (χ3v) is 7.48. The molecule has 0 saturated heterocycles. The number of halogens is 1. The van der Waals surface area contributed by atoms with Crippen LogP contribution in [0.25, 0.3) is 0 Å². The molecule has 3 aromatic carbocycles. The number of carbonyl (C=O) groups is 2. The van der Waals surface area contributed by atoms with Crippen LogP contribution in [0, 0.1) is 13.8 Å². The van der Waals surface area contributed by atoms with Gasteiger partial charge >= 0.3 is 5.97 Å². The van der Waals surface area contributed by atoms with Gasteiger partial charge in [0.25, 0.3) is 10.0 Å². The van der Waals surface area contributed by atoms with Crippen molar-refractivity contribution >= 4 is 44.9 Å². The molecular weight excluding hydrogens is 520 g/mol. The van der Waals surface area contributed by atoms with E-state index in [0.717, 1.165) is 15.4 Å². The van der Waals surface area contributed by atoms with Gasteiger partial charge in [-0.1, -0.05) is 17.7 Å². The number of nitrogens with one attached hydrogen (secondary N) is 1. The number of hydrogen-bond acceptors (Lipinski definition) is 7. The van der Waals surface area contributed by atoms with Gasteiger partial charge in [0.05, 0.1) is 42.5 Å². The molecule has 9 nitrogen and oxygen atoms in total. The van der Waals surface area contributed by atoms with Crippen LogP contribution >= 0.6 is 11.6 Å². The average molecular weight is 547 g/mol. The SMILES string of the molecule is COC(=O)c1cc(NC(=O)CN(c2cc(C)cc(C)c2)S(=O)(=O)c2ccc(OC)c(OC)c2)ccc1Cl. The lowest BCUT2D eigenvalue weighted by atomic mass is 10.1. The van der Waals surface area contributed by atoms with Crippen molar-refractivity contribution < 1.29 is 32.2 Å². The fraction of sp³-hybridized carbons (Fsp3) is 0.231. The third kappa shape index (κ3) is 6.33. The summed E-state index contributed by atoms with van der Waals surface area (Å²) in [5.41, 5.74) is 2.27. The molecule has 0 aliphatic heterocycles. The predicted octanol–water partition coefficient (Wildman–Crippen LogP) is 4.59. The lowest BCUT2D eigenvalue weighted by Gasteiger charge is -2.25. The predicted molar refractivity (Wildman–Crippen MR) is 141 cm³/mol. The molecule has 0 aromatic heterocycles. The van der Waals surface area contributed by atoms with E-state index in [4.69, 9.17) is 25.8 Å². The highest BCUT2D eigenvalue weighted by molar-refractivity contribution is 7.92. The van der Waals surface area contributed by atoms with Gasteiger partial charge in [-0.15, -0.1) is 0 Å². The molecule has 37 heavy (non-hydrogen) atoms. The number of benzene rings is 3. The van der Waals surface area contributed by atoms with Crippen molar-refractivity contribution in [1.82, 2.24) is 0 Å². The molecule has 0 saturated carbocycles. The van der Waals surface area contributed by atoms with Crippen LogP contribution in [0.15, 0.2) is 59.5 Å². The van der Waals surface area contributed by atoms with E-state index in [0.29, 0.717) is 11.4 Å². The van der Waals surface area contributed by atoms with Gasteiger partial charge in [-0.3, -0.25) is 9.10 Å². The molecule has 0 radical (unpaired) electrons. The highest BCUT2D eigenvalue weighted by atomic mass is 35.5. The fourth-order valence-corrected chi connectivity index (χ4v) is 5.33. The van der Waals surface area contributed by atoms with E-state index >= 15 is 0 Å². The summed E-state index contributed by atoms with van der Waals surface area (Å²) >= 11 is 6.05. The van der Waals surface area contributed by atoms with Gasteiger partial charge in [-0.2, -0.15) is 0 Å². The molecule has 0 aliphatic rings. The summed E-state index contributed by atoms with van der Waals surface area (Å²) in [5.74, 6) is -0.721. The summed E-state index contributed by atoms with van der Waals surface area (Å²) in [7, 11) is -0.164. The highest BCUT2D eigenvalue weighted by Gasteiger charge is 2.29. The smallest absolute Gasteiger partial charge is 0.339 e. The quantitative estimate of drug-likeness (QED) is 0.390. The highest BCUT2D eigenvalue weighted by Crippen LogP contribution is 2.33. The van der Waals surface area contributed by atoms with Crippen LogP contribution in [0.4, 0.5) is 11.4 Å². The monoisotopic (exact) mass is 546 g/mol. The van der Waals surface area contributed by atoms with Crippen molar-refractivity contribution in [1.29, 1.82) is 0 Å². The average Bonchev–Trinajstić information content (AvgIpc) is 2.86. The van der Waals surface area contributed by atoms with Crippen molar-refractivity contribution in [3.8, 4) is 11.5 Å². The van der Waals surface area contributed by atoms with E-state index in [2.05, 4.69) is 5.32 Å². The number of nitrogens with zero attached hydrogens (tertiary/aromatic N) is 1. The van der Waals surface area contributed by atoms with Gasteiger partial charge in [-0.25, -0.2) is 13.2 Å². The topological polar surface area (TPSA) is 111 Å². The first-order chi connectivity index (χ1) is 17.5. The van der Waals surface area contributed by atoms with E-state index in [1.54, 1.807) is 12.1 Å². The number of ether oxygens (including phenoxy) is 3. The molecule has 0 heterocycles. The summed E-state index contributed by atoms with van der Waals surface area (Å²) in [5, 5.41) is 2.78. The van der Waals surface area contributed by atoms with Gasteiger partial charge in [-0.05, 0) is 67.4 Å². The summed E-state index contributed by atoms with van der Waals surface area (Å²) in [6, 6.07) is 13.7. The fourth-order valence-electron chi connectivity index (χ4n) is 3.71. The van der Waals surface area contributed by atoms with Crippen LogP contribution < -0.4 is 19.1 Å². The Balaban J connectivity index is 2.02. The first kappa shape index (κ1) is 27.8. The molecule has 3 aromatic rings. The standard InChI is InChI=1S/C26H27ClN2O7S/c1-16-10-17(2)12-19(11-16)29(37(32,33)20-7-9-23(34-3)24(14-20)35-4)15-25(30)28-18-6-8-22(27)21(13-18)26(31)36-5/h6-14H,15H2,1-5H3,(H,28,30). The minimum atomic E-state index is -4.22. The Kier molecular flexibility index (Phi) is 8.67. The summed E-state index contributed by atoms with van der Waals surface area (Å²) in [6.45, 7) is 3.12. The Morgan fingerprint density at radius 2 is 1.54 bits per heavy atom. The lowest BCUT2D eigenvalue weighted by Crippen LogP contribution is -2.38. The molecule has 0 unspecified atom stereocenters. The molecule has 0 aliphatic carbocycles. The Morgan fingerprint density at radius 1 is 0.892 bits per heavy atom. The Morgan fingerprint density at radius 3 is 2.14 bits per heavy atom. The Bertz CT molecular complexity index is 1420. The van der Waals surface area contributed by atoms with Crippen molar-refractivity contribution in [2.45, 2.75) is 18.7 Å². The van der Waals surface area contributed by atoms with Crippen molar-refractivity contribution in [3.63, 3.8) is 0 Å². The van der Waals surface area contributed by atoms with E-state index in [9.17, 15) is 18.0 Å². The van der Waals surface area contributed by atoms with Crippen molar-refractivity contribution in [2.75, 3.05) is 37.5 Å². The number of sulfonamides is 1. The van der Waals surface area contributed by atoms with Gasteiger partial charge in [0.2, 0.25) is 5.91 Å². The number of esters is 1. The van der Waals surface area contributed by atoms with Gasteiger partial charge < -0.3 is 19.5 Å². The van der Waals surface area contributed by atoms with E-state index < -0.39 is 28.4 Å². The maximum absolute atomic E-state index is 13.8. The number of amides is 1. The normalized spacial score (nSPS) is 11.0. The van der Waals surface area contributed by atoms with Crippen LogP contribution in [-0.4, -0.2) is 48.2 Å². The van der Waals surface area contributed by atoms with E-state index in [1.165, 1.54) is 57.7 Å². The number of methoxy groups -OCH3 is 3. The summed E-state index contributed by atoms with van der Waals surface area (Å²) in [4.78, 5) is 25.0. The molecule has 196 valence electrons. The molecule has 0 bridgehead atoms. The summed E-state index contributed by atoms with van der Waals surface area (Å²) < 4.78 is 43.8. The Hall–Kier alpha value is -3.76. The van der Waals surface area contributed by atoms with Gasteiger partial charge in [0, 0.05) is 11.8 Å². The molecule has 0 fully saturated rings. The molecule has 1 amide bonds. The third-order valence-electron chi connectivity index (χ3n) is 5.38. The first-order valence-corrected chi connectivity index (χ1v) is 12.8. The van der Waals surface area contributed by atoms with Crippen LogP contribution in [0.5, 0.6) is 11.5 Å². The number of anilines is 2. The molecule has 0 spiro atoms. The van der Waals surface area contributed by atoms with Crippen LogP contribution in [-0.2, 0) is 19.6 Å². The zero-order chi connectivity index (χ0) is 27.3. The maximum atomic E-state index is 13.8. The molecule has 0 atom stereocenters. The van der Waals surface area contributed by atoms with Crippen LogP contribution in [0.3, 0.4) is 0 Å². The zero-order valence-corrected chi connectivity index (χ0v) is 22.6. The van der Waals surface area contributed by atoms with Crippen molar-refractivity contribution in [2.24, 2.45) is 0 Å². The second-order valence-electron chi connectivity index (χ2n) is 8.11. The second-order valence-corrected chi connectivity index (χ2v) is 10.4. The molecular formula is C26H27ClN2O7S. The van der Waals surface area contributed by atoms with Gasteiger partial charge in [0.1, 0.15) is 6.54 Å². The maximum Gasteiger partial charge on any atom is 0.339 e. The summed E-state index contributed by atoms with van der Waals surface area (Å²) in [6.07, 6.45) is 0.